The van der Waals surface area contributed by atoms with Crippen LogP contribution in [0, 0.1) is 11.8 Å². The quantitative estimate of drug-likeness (QED) is 0.740. The maximum absolute atomic E-state index is 11.3. The first kappa shape index (κ1) is 13.5. The number of rotatable bonds is 5. The molecule has 1 rings (SSSR count). The van der Waals surface area contributed by atoms with Crippen molar-refractivity contribution in [2.75, 3.05) is 0 Å². The molecule has 0 saturated carbocycles. The van der Waals surface area contributed by atoms with Crippen LogP contribution in [-0.2, 0) is 22.6 Å². The van der Waals surface area contributed by atoms with Crippen LogP contribution in [0.1, 0.15) is 39.2 Å². The molecule has 1 aromatic rings. The molecule has 5 heteroatoms. The van der Waals surface area contributed by atoms with Gasteiger partial charge in [0.1, 0.15) is 0 Å². The average molecular weight is 242 g/mol. The fraction of sp³-hybridized carbons (Fsp3) is 0.667. The molecule has 1 heterocycles. The van der Waals surface area contributed by atoms with Gasteiger partial charge < -0.3 is 13.6 Å². The lowest BCUT2D eigenvalue weighted by atomic mass is 10.1. The number of carbonyl (C=O) groups is 1. The van der Waals surface area contributed by atoms with E-state index < -0.39 is 5.82 Å². The van der Waals surface area contributed by atoms with Gasteiger partial charge in [0.25, 0.3) is 0 Å². The zero-order valence-electron chi connectivity index (χ0n) is 10.6. The zero-order valence-corrected chi connectivity index (χ0v) is 10.6. The maximum atomic E-state index is 11.3. The van der Waals surface area contributed by atoms with Crippen molar-refractivity contribution in [2.24, 2.45) is 11.8 Å². The van der Waals surface area contributed by atoms with Gasteiger partial charge in [-0.25, -0.2) is 4.79 Å². The van der Waals surface area contributed by atoms with Crippen LogP contribution < -0.4 is 5.82 Å². The predicted octanol–water partition coefficient (Wildman–Crippen LogP) is 2.13. The molecular formula is C12H18O5. The van der Waals surface area contributed by atoms with Crippen LogP contribution in [0.5, 0.6) is 0 Å². The van der Waals surface area contributed by atoms with Crippen LogP contribution in [0.2, 0.25) is 0 Å². The minimum absolute atomic E-state index is 0.0508. The van der Waals surface area contributed by atoms with Gasteiger partial charge in [-0.05, 0) is 5.92 Å². The Morgan fingerprint density at radius 2 is 1.76 bits per heavy atom. The molecule has 5 nitrogen and oxygen atoms in total. The molecule has 0 radical (unpaired) electrons. The molecule has 0 aliphatic carbocycles. The second-order valence-electron chi connectivity index (χ2n) is 4.66. The summed E-state index contributed by atoms with van der Waals surface area (Å²) in [6, 6.07) is 0. The molecule has 0 unspecified atom stereocenters. The molecule has 0 aromatic carbocycles. The van der Waals surface area contributed by atoms with E-state index in [0.29, 0.717) is 23.9 Å². The summed E-state index contributed by atoms with van der Waals surface area (Å²) in [6.45, 7) is 7.42. The standard InChI is InChI=1S/C12H18O5/c1-7(2)5-9-10(17-12(14)16-9)6-15-11(13)8(3)4/h7-8H,5-6H2,1-4H3. The molecule has 96 valence electrons. The smallest absolute Gasteiger partial charge is 0.457 e. The summed E-state index contributed by atoms with van der Waals surface area (Å²) in [4.78, 5) is 22.3. The van der Waals surface area contributed by atoms with Crippen LogP contribution in [-0.4, -0.2) is 5.97 Å². The third kappa shape index (κ3) is 4.09. The van der Waals surface area contributed by atoms with E-state index in [1.165, 1.54) is 0 Å². The Kier molecular flexibility index (Phi) is 4.54. The van der Waals surface area contributed by atoms with Crippen LogP contribution >= 0.6 is 0 Å². The second kappa shape index (κ2) is 5.70. The zero-order chi connectivity index (χ0) is 13.0. The molecule has 0 saturated heterocycles. The molecule has 1 aromatic heterocycles. The maximum Gasteiger partial charge on any atom is 0.519 e. The first-order valence-electron chi connectivity index (χ1n) is 5.68. The van der Waals surface area contributed by atoms with Gasteiger partial charge >= 0.3 is 11.8 Å². The van der Waals surface area contributed by atoms with E-state index >= 15 is 0 Å². The molecular weight excluding hydrogens is 224 g/mol. The summed E-state index contributed by atoms with van der Waals surface area (Å²) in [7, 11) is 0. The van der Waals surface area contributed by atoms with E-state index in [9.17, 15) is 9.59 Å². The first-order valence-corrected chi connectivity index (χ1v) is 5.68. The van der Waals surface area contributed by atoms with Gasteiger partial charge in [0.2, 0.25) is 0 Å². The molecule has 0 aliphatic rings. The predicted molar refractivity (Wildman–Crippen MR) is 60.4 cm³/mol. The van der Waals surface area contributed by atoms with Gasteiger partial charge in [-0.1, -0.05) is 27.7 Å². The molecule has 0 fully saturated rings. The van der Waals surface area contributed by atoms with Gasteiger partial charge in [-0.15, -0.1) is 0 Å². The van der Waals surface area contributed by atoms with E-state index in [2.05, 4.69) is 0 Å². The second-order valence-corrected chi connectivity index (χ2v) is 4.66. The lowest BCUT2D eigenvalue weighted by Gasteiger charge is -2.06. The van der Waals surface area contributed by atoms with Gasteiger partial charge in [0, 0.05) is 6.42 Å². The van der Waals surface area contributed by atoms with Gasteiger partial charge in [0.05, 0.1) is 5.92 Å². The van der Waals surface area contributed by atoms with Crippen molar-refractivity contribution in [1.82, 2.24) is 0 Å². The number of ether oxygens (including phenoxy) is 1. The highest BCUT2D eigenvalue weighted by Crippen LogP contribution is 2.14. The molecule has 0 amide bonds. The Balaban J connectivity index is 2.70. The fourth-order valence-electron chi connectivity index (χ4n) is 1.28. The van der Waals surface area contributed by atoms with Gasteiger partial charge in [-0.3, -0.25) is 4.79 Å². The molecule has 17 heavy (non-hydrogen) atoms. The topological polar surface area (TPSA) is 69.7 Å². The Labute approximate surface area is 99.8 Å². The Morgan fingerprint density at radius 1 is 1.18 bits per heavy atom. The minimum Gasteiger partial charge on any atom is -0.457 e. The normalized spacial score (nSPS) is 11.2. The molecule has 0 N–H and O–H groups in total. The van der Waals surface area contributed by atoms with Crippen molar-refractivity contribution in [2.45, 2.75) is 40.7 Å². The fourth-order valence-corrected chi connectivity index (χ4v) is 1.28. The summed E-state index contributed by atoms with van der Waals surface area (Å²) in [5.74, 6) is -0.197. The number of hydrogen-bond donors (Lipinski definition) is 0. The van der Waals surface area contributed by atoms with Crippen molar-refractivity contribution in [3.05, 3.63) is 22.1 Å². The number of esters is 1. The van der Waals surface area contributed by atoms with Crippen molar-refractivity contribution < 1.29 is 18.4 Å². The van der Waals surface area contributed by atoms with E-state index in [0.717, 1.165) is 0 Å². The van der Waals surface area contributed by atoms with E-state index in [1.54, 1.807) is 13.8 Å². The lowest BCUT2D eigenvalue weighted by molar-refractivity contribution is -0.149. The van der Waals surface area contributed by atoms with E-state index in [1.807, 2.05) is 13.8 Å². The highest BCUT2D eigenvalue weighted by atomic mass is 16.6. The SMILES string of the molecule is CC(C)Cc1oc(=O)oc1COC(=O)C(C)C. The summed E-state index contributed by atoms with van der Waals surface area (Å²) in [5.41, 5.74) is 0. The van der Waals surface area contributed by atoms with Crippen molar-refractivity contribution in [3.63, 3.8) is 0 Å². The van der Waals surface area contributed by atoms with Crippen molar-refractivity contribution >= 4 is 5.97 Å². The highest BCUT2D eigenvalue weighted by Gasteiger charge is 2.17. The summed E-state index contributed by atoms with van der Waals surface area (Å²) in [5, 5.41) is 0. The van der Waals surface area contributed by atoms with Crippen molar-refractivity contribution in [3.8, 4) is 0 Å². The van der Waals surface area contributed by atoms with E-state index in [-0.39, 0.29) is 18.5 Å². The van der Waals surface area contributed by atoms with E-state index in [4.69, 9.17) is 13.6 Å². The van der Waals surface area contributed by atoms with Crippen molar-refractivity contribution in [1.29, 1.82) is 0 Å². The summed E-state index contributed by atoms with van der Waals surface area (Å²) < 4.78 is 14.7. The largest absolute Gasteiger partial charge is 0.519 e. The third-order valence-corrected chi connectivity index (χ3v) is 2.13. The van der Waals surface area contributed by atoms with Crippen LogP contribution in [0.15, 0.2) is 13.6 Å². The molecule has 0 spiro atoms. The number of hydrogen-bond acceptors (Lipinski definition) is 5. The Bertz CT molecular complexity index is 424. The monoisotopic (exact) mass is 242 g/mol. The molecule has 0 atom stereocenters. The van der Waals surface area contributed by atoms with Crippen LogP contribution in [0.3, 0.4) is 0 Å². The Hall–Kier alpha value is -1.52. The minimum atomic E-state index is -0.753. The van der Waals surface area contributed by atoms with Crippen LogP contribution in [0.4, 0.5) is 0 Å². The third-order valence-electron chi connectivity index (χ3n) is 2.13. The average Bonchev–Trinajstić information content (AvgIpc) is 2.54. The molecule has 0 bridgehead atoms. The summed E-state index contributed by atoms with van der Waals surface area (Å²) >= 11 is 0. The van der Waals surface area contributed by atoms with Gasteiger partial charge in [0.15, 0.2) is 18.1 Å². The van der Waals surface area contributed by atoms with Crippen LogP contribution in [0.25, 0.3) is 0 Å². The first-order chi connectivity index (χ1) is 7.90. The Morgan fingerprint density at radius 3 is 2.29 bits per heavy atom. The number of carbonyl (C=O) groups excluding carboxylic acids is 1. The highest BCUT2D eigenvalue weighted by molar-refractivity contribution is 5.71. The lowest BCUT2D eigenvalue weighted by Crippen LogP contribution is -2.11. The molecule has 0 aliphatic heterocycles. The van der Waals surface area contributed by atoms with Gasteiger partial charge in [-0.2, -0.15) is 0 Å². The summed E-state index contributed by atoms with van der Waals surface area (Å²) in [6.07, 6.45) is 0.584.